The van der Waals surface area contributed by atoms with Crippen LogP contribution in [0.25, 0.3) is 10.9 Å². The zero-order chi connectivity index (χ0) is 23.4. The summed E-state index contributed by atoms with van der Waals surface area (Å²) in [5, 5.41) is 0.735. The van der Waals surface area contributed by atoms with Crippen LogP contribution in [0, 0.1) is 0 Å². The maximum atomic E-state index is 12.2. The number of pyridine rings is 1. The predicted molar refractivity (Wildman–Crippen MR) is 122 cm³/mol. The maximum absolute atomic E-state index is 12.2. The SMILES string of the molecule is CCOC(=O)c1cc2cc(Oc3ccc(CS(C)(=O)=O)nc3)cc(OC3CCOCC3)c2[nH]1. The molecular weight excluding hydrogens is 448 g/mol. The Morgan fingerprint density at radius 2 is 1.97 bits per heavy atom. The van der Waals surface area contributed by atoms with Crippen LogP contribution in [-0.2, 0) is 25.1 Å². The lowest BCUT2D eigenvalue weighted by atomic mass is 10.1. The van der Waals surface area contributed by atoms with E-state index in [0.717, 1.165) is 24.5 Å². The van der Waals surface area contributed by atoms with Crippen LogP contribution >= 0.6 is 0 Å². The fourth-order valence-electron chi connectivity index (χ4n) is 3.59. The average Bonchev–Trinajstić information content (AvgIpc) is 3.20. The lowest BCUT2D eigenvalue weighted by Gasteiger charge is -2.24. The number of sulfone groups is 1. The Morgan fingerprint density at radius 1 is 1.18 bits per heavy atom. The second-order valence-electron chi connectivity index (χ2n) is 7.88. The van der Waals surface area contributed by atoms with Crippen LogP contribution < -0.4 is 9.47 Å². The first-order chi connectivity index (χ1) is 15.8. The van der Waals surface area contributed by atoms with E-state index < -0.39 is 15.8 Å². The number of aromatic amines is 1. The smallest absolute Gasteiger partial charge is 0.354 e. The molecule has 0 spiro atoms. The van der Waals surface area contributed by atoms with Crippen molar-refractivity contribution >= 4 is 26.7 Å². The number of H-pyrrole nitrogens is 1. The Hall–Kier alpha value is -3.11. The van der Waals surface area contributed by atoms with Crippen LogP contribution in [-0.4, -0.2) is 56.5 Å². The van der Waals surface area contributed by atoms with Gasteiger partial charge in [0.1, 0.15) is 29.0 Å². The number of hydrogen-bond acceptors (Lipinski definition) is 8. The lowest BCUT2D eigenvalue weighted by Crippen LogP contribution is -2.25. The van der Waals surface area contributed by atoms with Crippen molar-refractivity contribution in [2.45, 2.75) is 31.6 Å². The molecule has 0 radical (unpaired) electrons. The number of rotatable bonds is 8. The molecule has 0 atom stereocenters. The minimum atomic E-state index is -3.17. The molecule has 1 fully saturated rings. The third kappa shape index (κ3) is 6.02. The second kappa shape index (κ2) is 9.80. The summed E-state index contributed by atoms with van der Waals surface area (Å²) in [5.41, 5.74) is 1.44. The van der Waals surface area contributed by atoms with Gasteiger partial charge in [-0.15, -0.1) is 0 Å². The number of ether oxygens (including phenoxy) is 4. The second-order valence-corrected chi connectivity index (χ2v) is 10.0. The zero-order valence-corrected chi connectivity index (χ0v) is 19.3. The molecule has 3 heterocycles. The van der Waals surface area contributed by atoms with E-state index in [0.29, 0.717) is 47.4 Å². The number of carbonyl (C=O) groups is 1. The van der Waals surface area contributed by atoms with Crippen LogP contribution in [0.3, 0.4) is 0 Å². The van der Waals surface area contributed by atoms with Crippen molar-refractivity contribution < 1.29 is 32.2 Å². The standard InChI is InChI=1S/C23H26N2O7S/c1-3-30-23(26)20-11-15-10-19(31-18-5-4-16(24-13-18)14-33(2,27)28)12-21(22(15)25-20)32-17-6-8-29-9-7-17/h4-5,10-13,17,25H,3,6-9,14H2,1-2H3. The molecule has 4 rings (SSSR count). The molecular formula is C23H26N2O7S. The van der Waals surface area contributed by atoms with Gasteiger partial charge in [-0.2, -0.15) is 0 Å². The number of carbonyl (C=O) groups excluding carboxylic acids is 1. The van der Waals surface area contributed by atoms with E-state index in [4.69, 9.17) is 18.9 Å². The minimum absolute atomic E-state index is 0.0107. The molecule has 1 aliphatic heterocycles. The van der Waals surface area contributed by atoms with Crippen LogP contribution in [0.5, 0.6) is 17.2 Å². The summed E-state index contributed by atoms with van der Waals surface area (Å²) in [7, 11) is -3.17. The third-order valence-electron chi connectivity index (χ3n) is 5.07. The first kappa shape index (κ1) is 23.1. The highest BCUT2D eigenvalue weighted by Crippen LogP contribution is 2.35. The normalized spacial score (nSPS) is 14.8. The molecule has 2 aromatic heterocycles. The average molecular weight is 475 g/mol. The molecule has 3 aromatic rings. The molecule has 1 saturated heterocycles. The van der Waals surface area contributed by atoms with Gasteiger partial charge in [0, 0.05) is 30.6 Å². The van der Waals surface area contributed by atoms with Gasteiger partial charge < -0.3 is 23.9 Å². The summed E-state index contributed by atoms with van der Waals surface area (Å²) in [5.74, 6) is 0.925. The number of nitrogens with zero attached hydrogens (tertiary/aromatic N) is 1. The number of fused-ring (bicyclic) bond motifs is 1. The van der Waals surface area contributed by atoms with Crippen molar-refractivity contribution in [3.63, 3.8) is 0 Å². The number of aromatic nitrogens is 2. The molecule has 1 aromatic carbocycles. The first-order valence-electron chi connectivity index (χ1n) is 10.7. The molecule has 0 saturated carbocycles. The molecule has 0 bridgehead atoms. The number of esters is 1. The molecule has 10 heteroatoms. The summed E-state index contributed by atoms with van der Waals surface area (Å²) >= 11 is 0. The first-order valence-corrected chi connectivity index (χ1v) is 12.8. The van der Waals surface area contributed by atoms with E-state index in [-0.39, 0.29) is 18.5 Å². The van der Waals surface area contributed by atoms with E-state index in [1.54, 1.807) is 37.3 Å². The Labute approximate surface area is 191 Å². The monoisotopic (exact) mass is 474 g/mol. The predicted octanol–water partition coefficient (Wildman–Crippen LogP) is 3.63. The van der Waals surface area contributed by atoms with Gasteiger partial charge in [-0.3, -0.25) is 4.98 Å². The van der Waals surface area contributed by atoms with Gasteiger partial charge in [0.05, 0.1) is 43.0 Å². The zero-order valence-electron chi connectivity index (χ0n) is 18.5. The van der Waals surface area contributed by atoms with Crippen molar-refractivity contribution in [1.29, 1.82) is 0 Å². The summed E-state index contributed by atoms with van der Waals surface area (Å²) in [6, 6.07) is 8.52. The summed E-state index contributed by atoms with van der Waals surface area (Å²) < 4.78 is 45.7. The van der Waals surface area contributed by atoms with Gasteiger partial charge in [-0.05, 0) is 31.2 Å². The van der Waals surface area contributed by atoms with Crippen molar-refractivity contribution in [2.75, 3.05) is 26.1 Å². The molecule has 0 aliphatic carbocycles. The fourth-order valence-corrected chi connectivity index (χ4v) is 4.30. The summed E-state index contributed by atoms with van der Waals surface area (Å²) in [6.07, 6.45) is 4.16. The van der Waals surface area contributed by atoms with Gasteiger partial charge in [0.25, 0.3) is 0 Å². The highest BCUT2D eigenvalue weighted by Gasteiger charge is 2.20. The van der Waals surface area contributed by atoms with Crippen LogP contribution in [0.4, 0.5) is 0 Å². The maximum Gasteiger partial charge on any atom is 0.354 e. The summed E-state index contributed by atoms with van der Waals surface area (Å²) in [6.45, 7) is 3.29. The van der Waals surface area contributed by atoms with Crippen LogP contribution in [0.1, 0.15) is 35.9 Å². The van der Waals surface area contributed by atoms with Crippen LogP contribution in [0.2, 0.25) is 0 Å². The molecule has 33 heavy (non-hydrogen) atoms. The molecule has 1 aliphatic rings. The van der Waals surface area contributed by atoms with Crippen molar-refractivity contribution in [3.05, 3.63) is 47.9 Å². The molecule has 0 amide bonds. The molecule has 9 nitrogen and oxygen atoms in total. The summed E-state index contributed by atoms with van der Waals surface area (Å²) in [4.78, 5) is 19.5. The van der Waals surface area contributed by atoms with Crippen molar-refractivity contribution in [3.8, 4) is 17.2 Å². The Kier molecular flexibility index (Phi) is 6.85. The van der Waals surface area contributed by atoms with Gasteiger partial charge >= 0.3 is 5.97 Å². The Balaban J connectivity index is 1.63. The van der Waals surface area contributed by atoms with Crippen molar-refractivity contribution in [2.24, 2.45) is 0 Å². The van der Waals surface area contributed by atoms with E-state index in [1.807, 2.05) is 0 Å². The Bertz CT molecular complexity index is 1230. The highest BCUT2D eigenvalue weighted by molar-refractivity contribution is 7.89. The largest absolute Gasteiger partial charge is 0.488 e. The van der Waals surface area contributed by atoms with Gasteiger partial charge in [0.15, 0.2) is 9.84 Å². The quantitative estimate of drug-likeness (QED) is 0.492. The van der Waals surface area contributed by atoms with Crippen LogP contribution in [0.15, 0.2) is 36.5 Å². The van der Waals surface area contributed by atoms with E-state index >= 15 is 0 Å². The molecule has 0 unspecified atom stereocenters. The van der Waals surface area contributed by atoms with Gasteiger partial charge in [-0.25, -0.2) is 13.2 Å². The fraction of sp³-hybridized carbons (Fsp3) is 0.391. The number of hydrogen-bond donors (Lipinski definition) is 1. The minimum Gasteiger partial charge on any atom is -0.488 e. The molecule has 176 valence electrons. The van der Waals surface area contributed by atoms with Gasteiger partial charge in [0.2, 0.25) is 0 Å². The number of benzene rings is 1. The topological polar surface area (TPSA) is 117 Å². The van der Waals surface area contributed by atoms with E-state index in [9.17, 15) is 13.2 Å². The third-order valence-corrected chi connectivity index (χ3v) is 5.89. The van der Waals surface area contributed by atoms with E-state index in [1.165, 1.54) is 6.20 Å². The van der Waals surface area contributed by atoms with E-state index in [2.05, 4.69) is 9.97 Å². The molecule has 1 N–H and O–H groups in total. The Morgan fingerprint density at radius 3 is 2.64 bits per heavy atom. The lowest BCUT2D eigenvalue weighted by molar-refractivity contribution is 0.0260. The van der Waals surface area contributed by atoms with Crippen molar-refractivity contribution in [1.82, 2.24) is 9.97 Å². The van der Waals surface area contributed by atoms with Gasteiger partial charge in [-0.1, -0.05) is 0 Å². The number of nitrogens with one attached hydrogen (secondary N) is 1. The highest BCUT2D eigenvalue weighted by atomic mass is 32.2.